The maximum Gasteiger partial charge on any atom is 0.204 e. The number of nitrogens with one attached hydrogen (secondary N) is 1. The van der Waals surface area contributed by atoms with E-state index >= 15 is 0 Å². The predicted octanol–water partition coefficient (Wildman–Crippen LogP) is 2.13. The number of hydrogen-bond donors (Lipinski definition) is 1. The Morgan fingerprint density at radius 1 is 1.41 bits per heavy atom. The average Bonchev–Trinajstić information content (AvgIpc) is 2.65. The van der Waals surface area contributed by atoms with E-state index in [2.05, 4.69) is 54.3 Å². The van der Waals surface area contributed by atoms with E-state index in [9.17, 15) is 0 Å². The van der Waals surface area contributed by atoms with Crippen LogP contribution >= 0.6 is 11.5 Å². The molecule has 1 rings (SSSR count). The Kier molecular flexibility index (Phi) is 4.89. The van der Waals surface area contributed by atoms with Crippen molar-refractivity contribution in [1.29, 1.82) is 0 Å². The van der Waals surface area contributed by atoms with Gasteiger partial charge in [-0.2, -0.15) is 4.37 Å². The third kappa shape index (κ3) is 4.24. The van der Waals surface area contributed by atoms with Gasteiger partial charge in [0.2, 0.25) is 5.13 Å². The summed E-state index contributed by atoms with van der Waals surface area (Å²) in [6.07, 6.45) is 0. The highest BCUT2D eigenvalue weighted by Crippen LogP contribution is 2.24. The second-order valence-corrected chi connectivity index (χ2v) is 6.42. The van der Waals surface area contributed by atoms with Crippen molar-refractivity contribution in [3.05, 3.63) is 5.82 Å². The number of nitrogens with zero attached hydrogens (tertiary/aromatic N) is 3. The zero-order chi connectivity index (χ0) is 13.1. The molecule has 1 heterocycles. The molecule has 98 valence electrons. The first-order chi connectivity index (χ1) is 7.84. The lowest BCUT2D eigenvalue weighted by molar-refractivity contribution is 0.537. The molecule has 4 nitrogen and oxygen atoms in total. The lowest BCUT2D eigenvalue weighted by atomic mass is 9.96. The minimum Gasteiger partial charge on any atom is -0.350 e. The van der Waals surface area contributed by atoms with Crippen LogP contribution < -0.4 is 10.2 Å². The largest absolute Gasteiger partial charge is 0.350 e. The molecule has 0 saturated heterocycles. The Labute approximate surface area is 109 Å². The molecule has 0 radical (unpaired) electrons. The van der Waals surface area contributed by atoms with Gasteiger partial charge in [-0.05, 0) is 19.5 Å². The topological polar surface area (TPSA) is 41.0 Å². The third-order valence-corrected chi connectivity index (χ3v) is 3.38. The standard InChI is InChI=1S/C12H24N4S/c1-9(7-13-5)8-16(6)11-14-10(15-17-11)12(2,3)4/h9,13H,7-8H2,1-6H3. The highest BCUT2D eigenvalue weighted by atomic mass is 32.1. The van der Waals surface area contributed by atoms with Crippen LogP contribution in [-0.4, -0.2) is 36.5 Å². The first-order valence-corrected chi connectivity index (χ1v) is 6.82. The summed E-state index contributed by atoms with van der Waals surface area (Å²) in [5, 5.41) is 4.21. The van der Waals surface area contributed by atoms with E-state index in [4.69, 9.17) is 0 Å². The molecule has 0 aliphatic carbocycles. The molecule has 17 heavy (non-hydrogen) atoms. The summed E-state index contributed by atoms with van der Waals surface area (Å²) in [6, 6.07) is 0. The molecular formula is C12H24N4S. The van der Waals surface area contributed by atoms with E-state index in [0.29, 0.717) is 5.92 Å². The Balaban J connectivity index is 2.64. The van der Waals surface area contributed by atoms with Crippen molar-refractivity contribution in [2.24, 2.45) is 5.92 Å². The maximum absolute atomic E-state index is 4.61. The smallest absolute Gasteiger partial charge is 0.204 e. The van der Waals surface area contributed by atoms with Gasteiger partial charge >= 0.3 is 0 Å². The van der Waals surface area contributed by atoms with E-state index in [1.165, 1.54) is 11.5 Å². The molecule has 1 aromatic rings. The highest BCUT2D eigenvalue weighted by Gasteiger charge is 2.21. The van der Waals surface area contributed by atoms with Crippen molar-refractivity contribution < 1.29 is 0 Å². The Bertz CT molecular complexity index is 343. The van der Waals surface area contributed by atoms with Crippen LogP contribution in [0.15, 0.2) is 0 Å². The van der Waals surface area contributed by atoms with Gasteiger partial charge in [-0.3, -0.25) is 0 Å². The fraction of sp³-hybridized carbons (Fsp3) is 0.833. The summed E-state index contributed by atoms with van der Waals surface area (Å²) in [7, 11) is 4.07. The van der Waals surface area contributed by atoms with Crippen LogP contribution in [0.5, 0.6) is 0 Å². The highest BCUT2D eigenvalue weighted by molar-refractivity contribution is 7.09. The van der Waals surface area contributed by atoms with Crippen molar-refractivity contribution in [2.45, 2.75) is 33.1 Å². The number of hydrogen-bond acceptors (Lipinski definition) is 5. The Morgan fingerprint density at radius 3 is 2.53 bits per heavy atom. The van der Waals surface area contributed by atoms with Crippen LogP contribution in [0.4, 0.5) is 5.13 Å². The Morgan fingerprint density at radius 2 is 2.06 bits per heavy atom. The second kappa shape index (κ2) is 5.78. The molecular weight excluding hydrogens is 232 g/mol. The molecule has 1 aromatic heterocycles. The molecule has 0 aromatic carbocycles. The summed E-state index contributed by atoms with van der Waals surface area (Å²) in [5.41, 5.74) is 0.0339. The van der Waals surface area contributed by atoms with Gasteiger partial charge in [0.1, 0.15) is 5.82 Å². The Hall–Kier alpha value is -0.680. The van der Waals surface area contributed by atoms with Crippen LogP contribution in [0.3, 0.4) is 0 Å². The first-order valence-electron chi connectivity index (χ1n) is 6.04. The number of anilines is 1. The summed E-state index contributed by atoms with van der Waals surface area (Å²) in [6.45, 7) is 10.7. The summed E-state index contributed by atoms with van der Waals surface area (Å²) >= 11 is 1.49. The van der Waals surface area contributed by atoms with Crippen molar-refractivity contribution in [1.82, 2.24) is 14.7 Å². The summed E-state index contributed by atoms with van der Waals surface area (Å²) < 4.78 is 4.44. The van der Waals surface area contributed by atoms with Gasteiger partial charge in [0.15, 0.2) is 0 Å². The van der Waals surface area contributed by atoms with Gasteiger partial charge in [0.25, 0.3) is 0 Å². The van der Waals surface area contributed by atoms with Crippen molar-refractivity contribution in [3.63, 3.8) is 0 Å². The van der Waals surface area contributed by atoms with E-state index in [0.717, 1.165) is 24.0 Å². The SMILES string of the molecule is CNCC(C)CN(C)c1nc(C(C)(C)C)ns1. The molecule has 0 amide bonds. The van der Waals surface area contributed by atoms with Crippen molar-refractivity contribution in [2.75, 3.05) is 32.1 Å². The molecule has 1 unspecified atom stereocenters. The first kappa shape index (κ1) is 14.4. The van der Waals surface area contributed by atoms with Gasteiger partial charge in [0, 0.05) is 30.5 Å². The number of rotatable bonds is 5. The molecule has 0 spiro atoms. The normalized spacial score (nSPS) is 13.8. The van der Waals surface area contributed by atoms with Crippen LogP contribution in [0.1, 0.15) is 33.5 Å². The van der Waals surface area contributed by atoms with Crippen LogP contribution in [0.25, 0.3) is 0 Å². The average molecular weight is 256 g/mol. The van der Waals surface area contributed by atoms with Gasteiger partial charge in [-0.25, -0.2) is 4.98 Å². The van der Waals surface area contributed by atoms with E-state index in [-0.39, 0.29) is 5.41 Å². The fourth-order valence-corrected chi connectivity index (χ4v) is 2.46. The fourth-order valence-electron chi connectivity index (χ4n) is 1.63. The molecule has 1 N–H and O–H groups in total. The van der Waals surface area contributed by atoms with E-state index in [1.54, 1.807) is 0 Å². The number of aromatic nitrogens is 2. The third-order valence-electron chi connectivity index (χ3n) is 2.55. The lowest BCUT2D eigenvalue weighted by Gasteiger charge is -2.20. The molecule has 0 aliphatic heterocycles. The van der Waals surface area contributed by atoms with Crippen molar-refractivity contribution in [3.8, 4) is 0 Å². The van der Waals surface area contributed by atoms with Crippen LogP contribution in [0.2, 0.25) is 0 Å². The molecule has 0 saturated carbocycles. The van der Waals surface area contributed by atoms with Crippen LogP contribution in [-0.2, 0) is 5.41 Å². The molecule has 0 bridgehead atoms. The summed E-state index contributed by atoms with van der Waals surface area (Å²) in [4.78, 5) is 6.80. The quantitative estimate of drug-likeness (QED) is 0.876. The minimum atomic E-state index is 0.0339. The predicted molar refractivity (Wildman–Crippen MR) is 75.0 cm³/mol. The van der Waals surface area contributed by atoms with Gasteiger partial charge in [0.05, 0.1) is 0 Å². The van der Waals surface area contributed by atoms with E-state index in [1.807, 2.05) is 7.05 Å². The zero-order valence-electron chi connectivity index (χ0n) is 11.7. The monoisotopic (exact) mass is 256 g/mol. The minimum absolute atomic E-state index is 0.0339. The zero-order valence-corrected chi connectivity index (χ0v) is 12.6. The van der Waals surface area contributed by atoms with Gasteiger partial charge < -0.3 is 10.2 Å². The van der Waals surface area contributed by atoms with Gasteiger partial charge in [-0.15, -0.1) is 0 Å². The maximum atomic E-state index is 4.61. The molecule has 5 heteroatoms. The second-order valence-electron chi connectivity index (χ2n) is 5.69. The lowest BCUT2D eigenvalue weighted by Crippen LogP contribution is -2.29. The summed E-state index contributed by atoms with van der Waals surface area (Å²) in [5.74, 6) is 1.54. The molecule has 1 atom stereocenters. The van der Waals surface area contributed by atoms with Gasteiger partial charge in [-0.1, -0.05) is 27.7 Å². The van der Waals surface area contributed by atoms with Crippen LogP contribution in [0, 0.1) is 5.92 Å². The van der Waals surface area contributed by atoms with E-state index < -0.39 is 0 Å². The molecule has 0 aliphatic rings. The van der Waals surface area contributed by atoms with Crippen molar-refractivity contribution >= 4 is 16.7 Å². The molecule has 0 fully saturated rings.